The first-order valence-electron chi connectivity index (χ1n) is 8.23. The van der Waals surface area contributed by atoms with Crippen molar-refractivity contribution in [3.63, 3.8) is 0 Å². The number of ether oxygens (including phenoxy) is 3. The van der Waals surface area contributed by atoms with Crippen LogP contribution in [0.3, 0.4) is 0 Å². The highest BCUT2D eigenvalue weighted by Gasteiger charge is 2.33. The largest absolute Gasteiger partial charge is 0.497 e. The highest BCUT2D eigenvalue weighted by Crippen LogP contribution is 2.33. The highest BCUT2D eigenvalue weighted by atomic mass is 16.5. The Balaban J connectivity index is 1.80. The summed E-state index contributed by atoms with van der Waals surface area (Å²) in [5.74, 6) is 1.35. The maximum Gasteiger partial charge on any atom is 0.251 e. The molecule has 3 rings (SSSR count). The molecule has 1 amide bonds. The molecule has 132 valence electrons. The fourth-order valence-corrected chi connectivity index (χ4v) is 2.81. The van der Waals surface area contributed by atoms with Gasteiger partial charge in [0.05, 0.1) is 27.4 Å². The van der Waals surface area contributed by atoms with Gasteiger partial charge >= 0.3 is 0 Å². The van der Waals surface area contributed by atoms with E-state index in [1.165, 1.54) is 0 Å². The van der Waals surface area contributed by atoms with Gasteiger partial charge in [0.15, 0.2) is 0 Å². The molecule has 1 aliphatic rings. The van der Waals surface area contributed by atoms with Crippen LogP contribution in [-0.2, 0) is 4.74 Å². The van der Waals surface area contributed by atoms with Crippen LogP contribution in [0.5, 0.6) is 11.5 Å². The van der Waals surface area contributed by atoms with Crippen LogP contribution >= 0.6 is 0 Å². The lowest BCUT2D eigenvalue weighted by atomic mass is 9.88. The minimum absolute atomic E-state index is 0.0481. The van der Waals surface area contributed by atoms with Crippen LogP contribution < -0.4 is 14.8 Å². The van der Waals surface area contributed by atoms with Gasteiger partial charge in [-0.15, -0.1) is 0 Å². The summed E-state index contributed by atoms with van der Waals surface area (Å²) in [6.07, 6.45) is 0. The van der Waals surface area contributed by atoms with Gasteiger partial charge in [0, 0.05) is 29.2 Å². The lowest BCUT2D eigenvalue weighted by molar-refractivity contribution is -0.0978. The summed E-state index contributed by atoms with van der Waals surface area (Å²) in [7, 11) is 3.24. The fourth-order valence-electron chi connectivity index (χ4n) is 2.81. The van der Waals surface area contributed by atoms with Crippen LogP contribution in [0.2, 0.25) is 0 Å². The van der Waals surface area contributed by atoms with E-state index in [9.17, 15) is 4.79 Å². The molecule has 0 spiro atoms. The quantitative estimate of drug-likeness (QED) is 0.877. The van der Waals surface area contributed by atoms with E-state index < -0.39 is 0 Å². The zero-order chi connectivity index (χ0) is 17.9. The molecule has 1 N–H and O–H groups in total. The molecule has 2 aromatic carbocycles. The van der Waals surface area contributed by atoms with E-state index in [1.807, 2.05) is 42.5 Å². The second-order valence-electron chi connectivity index (χ2n) is 6.63. The summed E-state index contributed by atoms with van der Waals surface area (Å²) in [5.41, 5.74) is 2.51. The van der Waals surface area contributed by atoms with Crippen LogP contribution in [0.4, 0.5) is 0 Å². The van der Waals surface area contributed by atoms with Gasteiger partial charge in [-0.2, -0.15) is 0 Å². The number of nitrogens with one attached hydrogen (secondary N) is 1. The summed E-state index contributed by atoms with van der Waals surface area (Å²) >= 11 is 0. The van der Waals surface area contributed by atoms with E-state index in [2.05, 4.69) is 12.2 Å². The van der Waals surface area contributed by atoms with Crippen LogP contribution in [-0.4, -0.2) is 39.9 Å². The van der Waals surface area contributed by atoms with Crippen molar-refractivity contribution >= 4 is 5.91 Å². The molecule has 1 heterocycles. The van der Waals surface area contributed by atoms with E-state index in [4.69, 9.17) is 14.2 Å². The van der Waals surface area contributed by atoms with E-state index >= 15 is 0 Å². The summed E-state index contributed by atoms with van der Waals surface area (Å²) in [6.45, 7) is 4.10. The van der Waals surface area contributed by atoms with Gasteiger partial charge in [0.2, 0.25) is 0 Å². The Morgan fingerprint density at radius 3 is 2.60 bits per heavy atom. The molecule has 0 bridgehead atoms. The molecular formula is C20H23NO4. The third-order valence-electron chi connectivity index (χ3n) is 4.42. The Hall–Kier alpha value is -2.53. The molecule has 0 unspecified atom stereocenters. The molecule has 0 aromatic heterocycles. The van der Waals surface area contributed by atoms with Crippen molar-refractivity contribution in [3.05, 3.63) is 48.0 Å². The van der Waals surface area contributed by atoms with Crippen LogP contribution in [0, 0.1) is 5.41 Å². The van der Waals surface area contributed by atoms with E-state index in [0.29, 0.717) is 31.1 Å². The molecule has 1 aliphatic heterocycles. The van der Waals surface area contributed by atoms with Crippen molar-refractivity contribution in [2.24, 2.45) is 5.41 Å². The first-order valence-corrected chi connectivity index (χ1v) is 8.23. The summed E-state index contributed by atoms with van der Waals surface area (Å²) < 4.78 is 15.9. The van der Waals surface area contributed by atoms with Gasteiger partial charge in [-0.05, 0) is 29.8 Å². The average molecular weight is 341 g/mol. The minimum Gasteiger partial charge on any atom is -0.497 e. The van der Waals surface area contributed by atoms with Crippen LogP contribution in [0.15, 0.2) is 42.5 Å². The topological polar surface area (TPSA) is 56.8 Å². The summed E-state index contributed by atoms with van der Waals surface area (Å²) in [6, 6.07) is 13.2. The first-order chi connectivity index (χ1) is 12.0. The van der Waals surface area contributed by atoms with Gasteiger partial charge in [0.1, 0.15) is 11.5 Å². The Kier molecular flexibility index (Phi) is 4.95. The minimum atomic E-state index is -0.0811. The predicted molar refractivity (Wildman–Crippen MR) is 96.2 cm³/mol. The van der Waals surface area contributed by atoms with Crippen molar-refractivity contribution < 1.29 is 19.0 Å². The van der Waals surface area contributed by atoms with Gasteiger partial charge in [-0.25, -0.2) is 0 Å². The maximum atomic E-state index is 12.5. The van der Waals surface area contributed by atoms with Crippen molar-refractivity contribution in [1.29, 1.82) is 0 Å². The predicted octanol–water partition coefficient (Wildman–Crippen LogP) is 3.14. The Morgan fingerprint density at radius 1 is 1.16 bits per heavy atom. The zero-order valence-corrected chi connectivity index (χ0v) is 14.8. The molecule has 0 aliphatic carbocycles. The normalized spacial score (nSPS) is 15.2. The average Bonchev–Trinajstić information content (AvgIpc) is 2.64. The lowest BCUT2D eigenvalue weighted by Crippen LogP contribution is -2.48. The molecular weight excluding hydrogens is 318 g/mol. The number of carbonyl (C=O) groups excluding carboxylic acids is 1. The monoisotopic (exact) mass is 341 g/mol. The maximum absolute atomic E-state index is 12.5. The standard InChI is InChI=1S/C20H23NO4/c1-20(12-25-13-20)11-21-19(22)15-6-4-5-14(9-15)17-8-7-16(23-2)10-18(17)24-3/h4-10H,11-13H2,1-3H3,(H,21,22). The van der Waals surface area contributed by atoms with Gasteiger partial charge in [-0.1, -0.05) is 19.1 Å². The smallest absolute Gasteiger partial charge is 0.251 e. The third kappa shape index (κ3) is 3.77. The summed E-state index contributed by atoms with van der Waals surface area (Å²) in [5, 5.41) is 3.00. The molecule has 1 fully saturated rings. The molecule has 0 radical (unpaired) electrons. The lowest BCUT2D eigenvalue weighted by Gasteiger charge is -2.38. The van der Waals surface area contributed by atoms with Crippen molar-refractivity contribution in [1.82, 2.24) is 5.32 Å². The van der Waals surface area contributed by atoms with Gasteiger partial charge < -0.3 is 19.5 Å². The molecule has 1 saturated heterocycles. The van der Waals surface area contributed by atoms with Crippen LogP contribution in [0.1, 0.15) is 17.3 Å². The zero-order valence-electron chi connectivity index (χ0n) is 14.8. The van der Waals surface area contributed by atoms with E-state index in [0.717, 1.165) is 16.9 Å². The van der Waals surface area contributed by atoms with Crippen molar-refractivity contribution in [2.75, 3.05) is 34.0 Å². The SMILES string of the molecule is COc1ccc(-c2cccc(C(=O)NCC3(C)COC3)c2)c(OC)c1. The molecule has 0 saturated carbocycles. The Labute approximate surface area is 147 Å². The number of amides is 1. The fraction of sp³-hybridized carbons (Fsp3) is 0.350. The second-order valence-corrected chi connectivity index (χ2v) is 6.63. The molecule has 2 aromatic rings. The van der Waals surface area contributed by atoms with E-state index in [1.54, 1.807) is 14.2 Å². The molecule has 25 heavy (non-hydrogen) atoms. The number of hydrogen-bond donors (Lipinski definition) is 1. The molecule has 5 nitrogen and oxygen atoms in total. The Bertz CT molecular complexity index is 768. The van der Waals surface area contributed by atoms with E-state index in [-0.39, 0.29) is 11.3 Å². The highest BCUT2D eigenvalue weighted by molar-refractivity contribution is 5.95. The first kappa shape index (κ1) is 17.3. The second kappa shape index (κ2) is 7.15. The van der Waals surface area contributed by atoms with Crippen LogP contribution in [0.25, 0.3) is 11.1 Å². The molecule has 5 heteroatoms. The van der Waals surface area contributed by atoms with Gasteiger partial charge in [-0.3, -0.25) is 4.79 Å². The summed E-state index contributed by atoms with van der Waals surface area (Å²) in [4.78, 5) is 12.5. The number of rotatable bonds is 6. The van der Waals surface area contributed by atoms with Crippen molar-refractivity contribution in [3.8, 4) is 22.6 Å². The van der Waals surface area contributed by atoms with Gasteiger partial charge in [0.25, 0.3) is 5.91 Å². The van der Waals surface area contributed by atoms with Crippen molar-refractivity contribution in [2.45, 2.75) is 6.92 Å². The third-order valence-corrected chi connectivity index (χ3v) is 4.42. The molecule has 0 atom stereocenters. The number of carbonyl (C=O) groups is 1. The number of methoxy groups -OCH3 is 2. The number of hydrogen-bond acceptors (Lipinski definition) is 4. The Morgan fingerprint density at radius 2 is 1.96 bits per heavy atom. The number of benzene rings is 2.